The topological polar surface area (TPSA) is 115 Å². The van der Waals surface area contributed by atoms with Gasteiger partial charge in [0.2, 0.25) is 10.9 Å². The second-order valence-corrected chi connectivity index (χ2v) is 11.6. The van der Waals surface area contributed by atoms with Gasteiger partial charge in [-0.25, -0.2) is 4.39 Å². The highest BCUT2D eigenvalue weighted by Gasteiger charge is 2.47. The minimum atomic E-state index is -1.09. The summed E-state index contributed by atoms with van der Waals surface area (Å²) >= 11 is 2.35. The van der Waals surface area contributed by atoms with E-state index in [0.29, 0.717) is 50.3 Å². The summed E-state index contributed by atoms with van der Waals surface area (Å²) in [6.07, 6.45) is 0. The monoisotopic (exact) mass is 617 g/mol. The van der Waals surface area contributed by atoms with Gasteiger partial charge < -0.3 is 19.0 Å². The summed E-state index contributed by atoms with van der Waals surface area (Å²) in [7, 11) is 1.48. The maximum Gasteiger partial charge on any atom is 0.296 e. The number of Topliss-reactive ketones (excluding diaryl/α,β-unsaturated/α-hetero) is 1. The average Bonchev–Trinajstić information content (AvgIpc) is 3.73. The molecular formula is C31H24FN3O6S2. The van der Waals surface area contributed by atoms with Gasteiger partial charge in [0.15, 0.2) is 27.4 Å². The summed E-state index contributed by atoms with van der Waals surface area (Å²) in [6.45, 7) is 2.24. The van der Waals surface area contributed by atoms with E-state index in [2.05, 4.69) is 10.2 Å². The van der Waals surface area contributed by atoms with Crippen LogP contribution in [0.3, 0.4) is 0 Å². The summed E-state index contributed by atoms with van der Waals surface area (Å²) in [5.74, 6) is -1.40. The number of anilines is 1. The number of hydrogen-bond acceptors (Lipinski definition) is 10. The number of benzene rings is 3. The van der Waals surface area contributed by atoms with Crippen molar-refractivity contribution >= 4 is 50.9 Å². The van der Waals surface area contributed by atoms with Crippen LogP contribution in [0.5, 0.6) is 11.5 Å². The lowest BCUT2D eigenvalue weighted by molar-refractivity contribution is -0.117. The normalized spacial score (nSPS) is 15.0. The number of para-hydroxylation sites is 1. The number of amides is 1. The number of fused-ring (bicyclic) bond motifs is 1. The fourth-order valence-corrected chi connectivity index (χ4v) is 6.67. The standard InChI is InChI=1S/C31H24FN3O6S2/c1-3-40-22-13-12-18(15-23(22)39-2)26-25(27(36)24-14-17-8-5-7-11-21(17)41-24)28(37)29(38)35(26)30-33-34-31(43-30)42-16-19-9-4-6-10-20(19)32/h4-15,26,37H,3,16H2,1-2H3/t26-/m0/s1. The first-order valence-corrected chi connectivity index (χ1v) is 15.0. The third-order valence-electron chi connectivity index (χ3n) is 6.82. The van der Waals surface area contributed by atoms with Crippen molar-refractivity contribution in [2.45, 2.75) is 23.1 Å². The highest BCUT2D eigenvalue weighted by molar-refractivity contribution is 8.00. The van der Waals surface area contributed by atoms with Crippen LogP contribution in [-0.2, 0) is 10.5 Å². The zero-order valence-electron chi connectivity index (χ0n) is 22.9. The molecule has 0 bridgehead atoms. The number of nitrogens with zero attached hydrogens (tertiary/aromatic N) is 3. The van der Waals surface area contributed by atoms with E-state index in [1.807, 2.05) is 13.0 Å². The van der Waals surface area contributed by atoms with Crippen LogP contribution < -0.4 is 14.4 Å². The number of ether oxygens (including phenoxy) is 2. The van der Waals surface area contributed by atoms with Crippen molar-refractivity contribution in [3.63, 3.8) is 0 Å². The Balaban J connectivity index is 1.40. The first-order chi connectivity index (χ1) is 20.9. The Morgan fingerprint density at radius 1 is 1.09 bits per heavy atom. The second kappa shape index (κ2) is 11.9. The van der Waals surface area contributed by atoms with Crippen molar-refractivity contribution in [2.75, 3.05) is 18.6 Å². The van der Waals surface area contributed by atoms with Crippen LogP contribution in [0.1, 0.15) is 34.6 Å². The highest BCUT2D eigenvalue weighted by atomic mass is 32.2. The smallest absolute Gasteiger partial charge is 0.296 e. The first kappa shape index (κ1) is 28.4. The summed E-state index contributed by atoms with van der Waals surface area (Å²) < 4.78 is 31.6. The summed E-state index contributed by atoms with van der Waals surface area (Å²) in [5.41, 5.74) is 1.28. The number of aliphatic hydroxyl groups is 1. The molecule has 2 aromatic heterocycles. The molecule has 0 fully saturated rings. The highest BCUT2D eigenvalue weighted by Crippen LogP contribution is 2.45. The molecule has 218 valence electrons. The van der Waals surface area contributed by atoms with Crippen molar-refractivity contribution in [3.05, 3.63) is 107 Å². The lowest BCUT2D eigenvalue weighted by Crippen LogP contribution is -2.31. The number of ketones is 1. The van der Waals surface area contributed by atoms with Crippen molar-refractivity contribution in [1.29, 1.82) is 0 Å². The van der Waals surface area contributed by atoms with Crippen LogP contribution in [0.4, 0.5) is 9.52 Å². The van der Waals surface area contributed by atoms with Crippen LogP contribution in [0.15, 0.2) is 92.9 Å². The third-order valence-corrected chi connectivity index (χ3v) is 8.92. The molecule has 9 nitrogen and oxygen atoms in total. The fraction of sp³-hybridized carbons (Fsp3) is 0.161. The van der Waals surface area contributed by atoms with E-state index in [1.54, 1.807) is 60.7 Å². The third kappa shape index (κ3) is 5.35. The fourth-order valence-electron chi connectivity index (χ4n) is 4.82. The molecule has 6 rings (SSSR count). The van der Waals surface area contributed by atoms with Gasteiger partial charge in [-0.05, 0) is 48.4 Å². The van der Waals surface area contributed by atoms with Crippen LogP contribution in [0, 0.1) is 5.82 Å². The Labute approximate surface area is 253 Å². The van der Waals surface area contributed by atoms with E-state index in [4.69, 9.17) is 13.9 Å². The van der Waals surface area contributed by atoms with Crippen molar-refractivity contribution in [1.82, 2.24) is 10.2 Å². The molecule has 0 spiro atoms. The molecular weight excluding hydrogens is 593 g/mol. The van der Waals surface area contributed by atoms with Crippen LogP contribution >= 0.6 is 23.1 Å². The maximum atomic E-state index is 14.2. The van der Waals surface area contributed by atoms with Gasteiger partial charge in [-0.1, -0.05) is 65.6 Å². The molecule has 1 aliphatic heterocycles. The molecule has 3 aromatic carbocycles. The largest absolute Gasteiger partial charge is 0.503 e. The minimum absolute atomic E-state index is 0.0290. The summed E-state index contributed by atoms with van der Waals surface area (Å²) in [5, 5.41) is 20.4. The van der Waals surface area contributed by atoms with Gasteiger partial charge in [0.05, 0.1) is 25.3 Å². The van der Waals surface area contributed by atoms with Gasteiger partial charge in [0.1, 0.15) is 11.4 Å². The minimum Gasteiger partial charge on any atom is -0.503 e. The van der Waals surface area contributed by atoms with Gasteiger partial charge in [-0.15, -0.1) is 10.2 Å². The number of thioether (sulfide) groups is 1. The van der Waals surface area contributed by atoms with E-state index >= 15 is 0 Å². The number of methoxy groups -OCH3 is 1. The molecule has 1 N–H and O–H groups in total. The van der Waals surface area contributed by atoms with Crippen LogP contribution in [0.25, 0.3) is 11.0 Å². The molecule has 43 heavy (non-hydrogen) atoms. The molecule has 3 heterocycles. The number of furan rings is 1. The first-order valence-electron chi connectivity index (χ1n) is 13.2. The molecule has 0 saturated heterocycles. The average molecular weight is 618 g/mol. The van der Waals surface area contributed by atoms with Crippen LogP contribution in [0.2, 0.25) is 0 Å². The molecule has 0 unspecified atom stereocenters. The number of hydrogen-bond donors (Lipinski definition) is 1. The molecule has 5 aromatic rings. The summed E-state index contributed by atoms with van der Waals surface area (Å²) in [4.78, 5) is 28.8. The van der Waals surface area contributed by atoms with Crippen molar-refractivity contribution < 1.29 is 33.0 Å². The van der Waals surface area contributed by atoms with Crippen molar-refractivity contribution in [3.8, 4) is 11.5 Å². The number of halogens is 1. The van der Waals surface area contributed by atoms with E-state index in [-0.39, 0.29) is 22.3 Å². The van der Waals surface area contributed by atoms with Gasteiger partial charge in [0, 0.05) is 11.1 Å². The Bertz CT molecular complexity index is 1850. The van der Waals surface area contributed by atoms with Crippen LogP contribution in [-0.4, -0.2) is 40.7 Å². The van der Waals surface area contributed by atoms with E-state index in [9.17, 15) is 19.1 Å². The van der Waals surface area contributed by atoms with Crippen molar-refractivity contribution in [2.24, 2.45) is 0 Å². The van der Waals surface area contributed by atoms with E-state index in [0.717, 1.165) is 11.3 Å². The quantitative estimate of drug-likeness (QED) is 0.101. The number of carbonyl (C=O) groups is 2. The Hall–Kier alpha value is -4.68. The zero-order valence-corrected chi connectivity index (χ0v) is 24.6. The molecule has 1 atom stereocenters. The number of rotatable bonds is 10. The lowest BCUT2D eigenvalue weighted by Gasteiger charge is -2.24. The van der Waals surface area contributed by atoms with E-state index in [1.165, 1.54) is 29.8 Å². The van der Waals surface area contributed by atoms with Gasteiger partial charge in [-0.3, -0.25) is 14.5 Å². The zero-order chi connectivity index (χ0) is 30.1. The Morgan fingerprint density at radius 3 is 2.65 bits per heavy atom. The van der Waals surface area contributed by atoms with Gasteiger partial charge in [0.25, 0.3) is 5.91 Å². The van der Waals surface area contributed by atoms with Gasteiger partial charge in [-0.2, -0.15) is 0 Å². The predicted octanol–water partition coefficient (Wildman–Crippen LogP) is 6.91. The molecule has 0 saturated carbocycles. The lowest BCUT2D eigenvalue weighted by atomic mass is 9.95. The number of aliphatic hydroxyl groups excluding tert-OH is 1. The number of carbonyl (C=O) groups excluding carboxylic acids is 2. The molecule has 0 radical (unpaired) electrons. The van der Waals surface area contributed by atoms with Gasteiger partial charge >= 0.3 is 0 Å². The second-order valence-electron chi connectivity index (χ2n) is 9.39. The number of aromatic nitrogens is 2. The van der Waals surface area contributed by atoms with E-state index < -0.39 is 23.5 Å². The Morgan fingerprint density at radius 2 is 1.88 bits per heavy atom. The molecule has 1 amide bonds. The Kier molecular flexibility index (Phi) is 7.87. The molecule has 0 aliphatic carbocycles. The SMILES string of the molecule is CCOc1ccc([C@H]2C(C(=O)c3cc4ccccc4o3)=C(O)C(=O)N2c2nnc(SCc3ccccc3F)s2)cc1OC. The predicted molar refractivity (Wildman–Crippen MR) is 160 cm³/mol. The molecule has 1 aliphatic rings. The molecule has 12 heteroatoms. The summed E-state index contributed by atoms with van der Waals surface area (Å²) in [6, 6.07) is 19.1. The maximum absolute atomic E-state index is 14.2.